The SMILES string of the molecule is COC(=O)CCC(=O)NC(=S)N1CCNC(=O)C1CC(=O)OC1CCCCC1. The molecule has 1 atom stereocenters. The normalized spacial score (nSPS) is 20.1. The first-order valence-corrected chi connectivity index (χ1v) is 9.96. The number of rotatable bonds is 6. The topological polar surface area (TPSA) is 114 Å². The van der Waals surface area contributed by atoms with Gasteiger partial charge >= 0.3 is 11.9 Å². The molecule has 1 saturated carbocycles. The standard InChI is InChI=1S/C18H27N3O6S/c1-26-15(23)8-7-14(22)20-18(28)21-10-9-19-17(25)13(21)11-16(24)27-12-5-3-2-4-6-12/h12-13H,2-11H2,1H3,(H,19,25)(H,20,22,28). The first kappa shape index (κ1) is 22.1. The number of nitrogens with zero attached hydrogens (tertiary/aromatic N) is 1. The molecule has 1 aliphatic heterocycles. The molecule has 0 aromatic rings. The van der Waals surface area contributed by atoms with E-state index in [-0.39, 0.29) is 36.4 Å². The molecule has 1 aliphatic carbocycles. The van der Waals surface area contributed by atoms with Crippen LogP contribution in [-0.4, -0.2) is 66.1 Å². The van der Waals surface area contributed by atoms with E-state index < -0.39 is 23.9 Å². The predicted octanol–water partition coefficient (Wildman–Crippen LogP) is 0.407. The van der Waals surface area contributed by atoms with E-state index in [1.807, 2.05) is 0 Å². The summed E-state index contributed by atoms with van der Waals surface area (Å²) in [6.45, 7) is 0.717. The van der Waals surface area contributed by atoms with Crippen molar-refractivity contribution in [3.8, 4) is 0 Å². The van der Waals surface area contributed by atoms with E-state index in [0.717, 1.165) is 32.1 Å². The van der Waals surface area contributed by atoms with Crippen LogP contribution in [0.5, 0.6) is 0 Å². The van der Waals surface area contributed by atoms with Gasteiger partial charge in [-0.05, 0) is 37.9 Å². The molecule has 2 fully saturated rings. The minimum absolute atomic E-state index is 0.0557. The number of ether oxygens (including phenoxy) is 2. The number of nitrogens with one attached hydrogen (secondary N) is 2. The summed E-state index contributed by atoms with van der Waals surface area (Å²) < 4.78 is 9.99. The van der Waals surface area contributed by atoms with Gasteiger partial charge in [-0.25, -0.2) is 0 Å². The lowest BCUT2D eigenvalue weighted by Crippen LogP contribution is -2.60. The molecule has 1 heterocycles. The summed E-state index contributed by atoms with van der Waals surface area (Å²) in [6.07, 6.45) is 4.54. The quantitative estimate of drug-likeness (QED) is 0.475. The van der Waals surface area contributed by atoms with Gasteiger partial charge in [-0.3, -0.25) is 19.2 Å². The predicted molar refractivity (Wildman–Crippen MR) is 103 cm³/mol. The Bertz CT molecular complexity index is 620. The Balaban J connectivity index is 1.89. The molecule has 1 unspecified atom stereocenters. The molecule has 0 spiro atoms. The lowest BCUT2D eigenvalue weighted by molar-refractivity contribution is -0.153. The van der Waals surface area contributed by atoms with Gasteiger partial charge in [0.1, 0.15) is 12.1 Å². The van der Waals surface area contributed by atoms with Crippen LogP contribution in [0.15, 0.2) is 0 Å². The first-order chi connectivity index (χ1) is 13.4. The number of piperazine rings is 1. The average molecular weight is 413 g/mol. The number of esters is 2. The summed E-state index contributed by atoms with van der Waals surface area (Å²) in [5.41, 5.74) is 0. The molecule has 2 N–H and O–H groups in total. The lowest BCUT2D eigenvalue weighted by atomic mass is 9.98. The Morgan fingerprint density at radius 3 is 2.57 bits per heavy atom. The highest BCUT2D eigenvalue weighted by molar-refractivity contribution is 7.80. The molecule has 0 bridgehead atoms. The summed E-state index contributed by atoms with van der Waals surface area (Å²) in [6, 6.07) is -0.835. The molecule has 2 rings (SSSR count). The number of amides is 2. The van der Waals surface area contributed by atoms with Crippen LogP contribution in [0.25, 0.3) is 0 Å². The van der Waals surface area contributed by atoms with E-state index in [1.165, 1.54) is 12.0 Å². The number of thiocarbonyl (C=S) groups is 1. The second kappa shape index (κ2) is 10.9. The Labute approximate surface area is 169 Å². The highest BCUT2D eigenvalue weighted by Gasteiger charge is 2.34. The maximum absolute atomic E-state index is 12.3. The van der Waals surface area contributed by atoms with Gasteiger partial charge in [0.25, 0.3) is 0 Å². The maximum atomic E-state index is 12.3. The van der Waals surface area contributed by atoms with Gasteiger partial charge in [-0.1, -0.05) is 6.42 Å². The molecule has 1 saturated heterocycles. The molecular formula is C18H27N3O6S. The van der Waals surface area contributed by atoms with Crippen LogP contribution in [0.1, 0.15) is 51.4 Å². The van der Waals surface area contributed by atoms with Crippen molar-refractivity contribution in [2.75, 3.05) is 20.2 Å². The summed E-state index contributed by atoms with van der Waals surface area (Å²) in [5.74, 6) is -1.73. The van der Waals surface area contributed by atoms with Gasteiger partial charge in [0.15, 0.2) is 5.11 Å². The molecule has 28 heavy (non-hydrogen) atoms. The van der Waals surface area contributed by atoms with E-state index in [4.69, 9.17) is 17.0 Å². The zero-order valence-electron chi connectivity index (χ0n) is 16.0. The second-order valence-corrected chi connectivity index (χ2v) is 7.27. The van der Waals surface area contributed by atoms with Crippen molar-refractivity contribution < 1.29 is 28.7 Å². The van der Waals surface area contributed by atoms with Crippen LogP contribution in [0.3, 0.4) is 0 Å². The van der Waals surface area contributed by atoms with Crippen LogP contribution in [-0.2, 0) is 28.7 Å². The summed E-state index contributed by atoms with van der Waals surface area (Å²) in [4.78, 5) is 49.2. The van der Waals surface area contributed by atoms with Crippen LogP contribution >= 0.6 is 12.2 Å². The molecule has 0 aromatic heterocycles. The van der Waals surface area contributed by atoms with Gasteiger partial charge in [-0.2, -0.15) is 0 Å². The highest BCUT2D eigenvalue weighted by atomic mass is 32.1. The zero-order valence-corrected chi connectivity index (χ0v) is 16.8. The fraction of sp³-hybridized carbons (Fsp3) is 0.722. The van der Waals surface area contributed by atoms with Crippen molar-refractivity contribution in [1.29, 1.82) is 0 Å². The number of carbonyl (C=O) groups excluding carboxylic acids is 4. The minimum atomic E-state index is -0.835. The van der Waals surface area contributed by atoms with E-state index >= 15 is 0 Å². The molecule has 0 radical (unpaired) electrons. The molecule has 156 valence electrons. The van der Waals surface area contributed by atoms with Gasteiger partial charge in [0.2, 0.25) is 11.8 Å². The van der Waals surface area contributed by atoms with Gasteiger partial charge in [-0.15, -0.1) is 0 Å². The third-order valence-corrected chi connectivity index (χ3v) is 5.17. The summed E-state index contributed by atoms with van der Waals surface area (Å²) in [5, 5.41) is 5.27. The molecule has 2 amide bonds. The van der Waals surface area contributed by atoms with Crippen LogP contribution < -0.4 is 10.6 Å². The van der Waals surface area contributed by atoms with Crippen molar-refractivity contribution in [3.05, 3.63) is 0 Å². The highest BCUT2D eigenvalue weighted by Crippen LogP contribution is 2.21. The fourth-order valence-corrected chi connectivity index (χ4v) is 3.64. The Kier molecular flexibility index (Phi) is 8.62. The summed E-state index contributed by atoms with van der Waals surface area (Å²) in [7, 11) is 1.24. The minimum Gasteiger partial charge on any atom is -0.469 e. The van der Waals surface area contributed by atoms with Crippen LogP contribution in [0.2, 0.25) is 0 Å². The Hall–Kier alpha value is -2.23. The van der Waals surface area contributed by atoms with E-state index in [2.05, 4.69) is 15.4 Å². The second-order valence-electron chi connectivity index (χ2n) is 6.88. The van der Waals surface area contributed by atoms with Gasteiger partial charge in [0, 0.05) is 19.5 Å². The molecule has 0 aromatic carbocycles. The van der Waals surface area contributed by atoms with Crippen molar-refractivity contribution >= 4 is 41.1 Å². The average Bonchev–Trinajstić information content (AvgIpc) is 2.68. The molecular weight excluding hydrogens is 386 g/mol. The number of hydrogen-bond acceptors (Lipinski definition) is 7. The maximum Gasteiger partial charge on any atom is 0.308 e. The van der Waals surface area contributed by atoms with Crippen LogP contribution in [0.4, 0.5) is 0 Å². The zero-order chi connectivity index (χ0) is 20.5. The first-order valence-electron chi connectivity index (χ1n) is 9.55. The Morgan fingerprint density at radius 1 is 1.18 bits per heavy atom. The van der Waals surface area contributed by atoms with E-state index in [0.29, 0.717) is 13.1 Å². The third-order valence-electron chi connectivity index (χ3n) is 4.83. The lowest BCUT2D eigenvalue weighted by Gasteiger charge is -2.36. The molecule has 10 heteroatoms. The number of hydrogen-bond donors (Lipinski definition) is 2. The van der Waals surface area contributed by atoms with Crippen molar-refractivity contribution in [2.24, 2.45) is 0 Å². The van der Waals surface area contributed by atoms with Crippen molar-refractivity contribution in [1.82, 2.24) is 15.5 Å². The smallest absolute Gasteiger partial charge is 0.308 e. The van der Waals surface area contributed by atoms with Gasteiger partial charge in [0.05, 0.1) is 20.0 Å². The van der Waals surface area contributed by atoms with E-state index in [1.54, 1.807) is 0 Å². The number of methoxy groups -OCH3 is 1. The largest absolute Gasteiger partial charge is 0.469 e. The molecule has 9 nitrogen and oxygen atoms in total. The van der Waals surface area contributed by atoms with Gasteiger partial charge < -0.3 is 25.0 Å². The summed E-state index contributed by atoms with van der Waals surface area (Å²) >= 11 is 5.25. The Morgan fingerprint density at radius 2 is 1.89 bits per heavy atom. The van der Waals surface area contributed by atoms with Crippen molar-refractivity contribution in [3.63, 3.8) is 0 Å². The van der Waals surface area contributed by atoms with Crippen molar-refractivity contribution in [2.45, 2.75) is 63.5 Å². The monoisotopic (exact) mass is 413 g/mol. The number of carbonyl (C=O) groups is 4. The molecule has 2 aliphatic rings. The van der Waals surface area contributed by atoms with E-state index in [9.17, 15) is 19.2 Å². The van der Waals surface area contributed by atoms with Crippen LogP contribution in [0, 0.1) is 0 Å². The third kappa shape index (κ3) is 6.74. The fourth-order valence-electron chi connectivity index (χ4n) is 3.31.